The quantitative estimate of drug-likeness (QED) is 0.676. The summed E-state index contributed by atoms with van der Waals surface area (Å²) in [6.45, 7) is 2.21. The maximum absolute atomic E-state index is 11.0. The van der Waals surface area contributed by atoms with E-state index in [4.69, 9.17) is 5.73 Å². The number of H-pyrrole nitrogens is 2. The van der Waals surface area contributed by atoms with Gasteiger partial charge in [0.2, 0.25) is 0 Å². The van der Waals surface area contributed by atoms with Crippen LogP contribution in [0, 0.1) is 5.92 Å². The predicted molar refractivity (Wildman–Crippen MR) is 57.3 cm³/mol. The van der Waals surface area contributed by atoms with Crippen molar-refractivity contribution in [1.29, 1.82) is 0 Å². The van der Waals surface area contributed by atoms with E-state index in [1.165, 1.54) is 6.42 Å². The Labute approximate surface area is 88.5 Å². The zero-order valence-corrected chi connectivity index (χ0v) is 9.05. The second kappa shape index (κ2) is 3.81. The molecule has 0 saturated heterocycles. The van der Waals surface area contributed by atoms with Gasteiger partial charge in [0.25, 0.3) is 0 Å². The number of nitrogens with one attached hydrogen (secondary N) is 2. The smallest absolute Gasteiger partial charge is 0.319 e. The number of nitrogens with two attached hydrogens (primary N) is 1. The van der Waals surface area contributed by atoms with E-state index in [2.05, 4.69) is 22.1 Å². The molecule has 1 aromatic heterocycles. The minimum Gasteiger partial charge on any atom is -0.319 e. The molecule has 4 N–H and O–H groups in total. The van der Waals surface area contributed by atoms with Crippen molar-refractivity contribution in [3.05, 3.63) is 16.3 Å². The molecule has 0 radical (unpaired) electrons. The standard InChI is InChI=1S/C10H18N4O/c1-2-7-3-5-10(11,6-4-7)8-12-9(15)14-13-8/h7H,2-6,11H2,1H3,(H2,12,13,14,15). The van der Waals surface area contributed by atoms with Crippen molar-refractivity contribution >= 4 is 0 Å². The number of rotatable bonds is 2. The van der Waals surface area contributed by atoms with Gasteiger partial charge in [0.1, 0.15) is 0 Å². The highest BCUT2D eigenvalue weighted by molar-refractivity contribution is 5.04. The minimum absolute atomic E-state index is 0.271. The summed E-state index contributed by atoms with van der Waals surface area (Å²) < 4.78 is 0. The van der Waals surface area contributed by atoms with Crippen LogP contribution in [0.5, 0.6) is 0 Å². The Morgan fingerprint density at radius 2 is 2.20 bits per heavy atom. The van der Waals surface area contributed by atoms with E-state index in [1.807, 2.05) is 0 Å². The van der Waals surface area contributed by atoms with Gasteiger partial charge in [-0.25, -0.2) is 9.89 Å². The van der Waals surface area contributed by atoms with Crippen molar-refractivity contribution in [2.75, 3.05) is 0 Å². The molecule has 1 heterocycles. The van der Waals surface area contributed by atoms with Crippen LogP contribution in [0.15, 0.2) is 4.79 Å². The van der Waals surface area contributed by atoms with Crippen molar-refractivity contribution in [1.82, 2.24) is 15.2 Å². The van der Waals surface area contributed by atoms with Crippen LogP contribution in [-0.2, 0) is 5.54 Å². The summed E-state index contributed by atoms with van der Waals surface area (Å²) in [6.07, 6.45) is 5.29. The van der Waals surface area contributed by atoms with E-state index in [0.717, 1.165) is 31.6 Å². The molecule has 5 heteroatoms. The van der Waals surface area contributed by atoms with Gasteiger partial charge in [-0.3, -0.25) is 4.98 Å². The number of aromatic nitrogens is 3. The van der Waals surface area contributed by atoms with E-state index in [9.17, 15) is 4.79 Å². The number of aromatic amines is 2. The molecule has 1 aliphatic rings. The molecular formula is C10H18N4O. The molecule has 1 aliphatic carbocycles. The van der Waals surface area contributed by atoms with Gasteiger partial charge in [0.15, 0.2) is 5.82 Å². The number of nitrogens with zero attached hydrogens (tertiary/aromatic N) is 1. The first-order chi connectivity index (χ1) is 7.14. The Morgan fingerprint density at radius 3 is 2.67 bits per heavy atom. The minimum atomic E-state index is -0.426. The van der Waals surface area contributed by atoms with Crippen LogP contribution in [0.4, 0.5) is 0 Å². The van der Waals surface area contributed by atoms with Crippen molar-refractivity contribution < 1.29 is 0 Å². The molecule has 84 valence electrons. The summed E-state index contributed by atoms with van der Waals surface area (Å²) in [5.74, 6) is 1.40. The van der Waals surface area contributed by atoms with Gasteiger partial charge in [-0.15, -0.1) is 0 Å². The molecule has 0 aromatic carbocycles. The first-order valence-corrected chi connectivity index (χ1v) is 5.58. The van der Waals surface area contributed by atoms with E-state index >= 15 is 0 Å². The van der Waals surface area contributed by atoms with Crippen LogP contribution < -0.4 is 11.4 Å². The maximum atomic E-state index is 11.0. The van der Waals surface area contributed by atoms with Crippen LogP contribution in [-0.4, -0.2) is 15.2 Å². The Kier molecular flexibility index (Phi) is 2.65. The van der Waals surface area contributed by atoms with Gasteiger partial charge in [0.05, 0.1) is 5.54 Å². The Bertz CT molecular complexity index is 373. The highest BCUT2D eigenvalue weighted by Gasteiger charge is 2.35. The molecule has 0 spiro atoms. The molecule has 0 aliphatic heterocycles. The van der Waals surface area contributed by atoms with Crippen molar-refractivity contribution in [2.24, 2.45) is 11.7 Å². The largest absolute Gasteiger partial charge is 0.340 e. The first kappa shape index (κ1) is 10.4. The third-order valence-corrected chi connectivity index (χ3v) is 3.55. The number of hydrogen-bond donors (Lipinski definition) is 3. The Morgan fingerprint density at radius 1 is 1.53 bits per heavy atom. The van der Waals surface area contributed by atoms with Crippen LogP contribution in [0.3, 0.4) is 0 Å². The molecule has 1 fully saturated rings. The fraction of sp³-hybridized carbons (Fsp3) is 0.800. The summed E-state index contributed by atoms with van der Waals surface area (Å²) in [5, 5.41) is 6.32. The van der Waals surface area contributed by atoms with Crippen LogP contribution >= 0.6 is 0 Å². The second-order valence-electron chi connectivity index (χ2n) is 4.53. The van der Waals surface area contributed by atoms with Crippen molar-refractivity contribution in [3.8, 4) is 0 Å². The lowest BCUT2D eigenvalue weighted by Gasteiger charge is -2.34. The Hall–Kier alpha value is -1.10. The summed E-state index contributed by atoms with van der Waals surface area (Å²) in [5.41, 5.74) is 5.56. The van der Waals surface area contributed by atoms with Crippen LogP contribution in [0.25, 0.3) is 0 Å². The fourth-order valence-corrected chi connectivity index (χ4v) is 2.34. The third-order valence-electron chi connectivity index (χ3n) is 3.55. The lowest BCUT2D eigenvalue weighted by atomic mass is 9.76. The molecule has 0 bridgehead atoms. The average molecular weight is 210 g/mol. The topological polar surface area (TPSA) is 87.6 Å². The van der Waals surface area contributed by atoms with Gasteiger partial charge < -0.3 is 5.73 Å². The molecule has 15 heavy (non-hydrogen) atoms. The average Bonchev–Trinajstić information content (AvgIpc) is 2.67. The predicted octanol–water partition coefficient (Wildman–Crippen LogP) is 0.852. The summed E-state index contributed by atoms with van der Waals surface area (Å²) >= 11 is 0. The second-order valence-corrected chi connectivity index (χ2v) is 4.53. The SMILES string of the molecule is CCC1CCC(N)(c2n[nH]c(=O)[nH]2)CC1. The molecule has 1 saturated carbocycles. The van der Waals surface area contributed by atoms with E-state index in [1.54, 1.807) is 0 Å². The molecule has 0 unspecified atom stereocenters. The molecular weight excluding hydrogens is 192 g/mol. The summed E-state index contributed by atoms with van der Waals surface area (Å²) in [6, 6.07) is 0. The van der Waals surface area contributed by atoms with Crippen LogP contribution in [0.2, 0.25) is 0 Å². The zero-order valence-electron chi connectivity index (χ0n) is 9.05. The third kappa shape index (κ3) is 1.97. The molecule has 2 rings (SSSR count). The first-order valence-electron chi connectivity index (χ1n) is 5.58. The highest BCUT2D eigenvalue weighted by atomic mass is 16.1. The van der Waals surface area contributed by atoms with Crippen LogP contribution in [0.1, 0.15) is 44.9 Å². The van der Waals surface area contributed by atoms with E-state index in [-0.39, 0.29) is 5.69 Å². The van der Waals surface area contributed by atoms with E-state index in [0.29, 0.717) is 5.82 Å². The van der Waals surface area contributed by atoms with Gasteiger partial charge in [0, 0.05) is 0 Å². The maximum Gasteiger partial charge on any atom is 0.340 e. The lowest BCUT2D eigenvalue weighted by molar-refractivity contribution is 0.222. The van der Waals surface area contributed by atoms with Gasteiger partial charge >= 0.3 is 5.69 Å². The number of hydrogen-bond acceptors (Lipinski definition) is 3. The summed E-state index contributed by atoms with van der Waals surface area (Å²) in [7, 11) is 0. The highest BCUT2D eigenvalue weighted by Crippen LogP contribution is 2.36. The molecule has 0 atom stereocenters. The van der Waals surface area contributed by atoms with Crippen molar-refractivity contribution in [2.45, 2.75) is 44.6 Å². The molecule has 5 nitrogen and oxygen atoms in total. The summed E-state index contributed by atoms with van der Waals surface area (Å²) in [4.78, 5) is 13.6. The van der Waals surface area contributed by atoms with E-state index < -0.39 is 5.54 Å². The fourth-order valence-electron chi connectivity index (χ4n) is 2.34. The molecule has 1 aromatic rings. The van der Waals surface area contributed by atoms with Gasteiger partial charge in [-0.05, 0) is 31.6 Å². The van der Waals surface area contributed by atoms with Gasteiger partial charge in [-0.1, -0.05) is 13.3 Å². The van der Waals surface area contributed by atoms with Crippen molar-refractivity contribution in [3.63, 3.8) is 0 Å². The molecule has 0 amide bonds. The lowest BCUT2D eigenvalue weighted by Crippen LogP contribution is -2.41. The zero-order chi connectivity index (χ0) is 10.9. The van der Waals surface area contributed by atoms with Gasteiger partial charge in [-0.2, -0.15) is 5.10 Å². The monoisotopic (exact) mass is 210 g/mol. The Balaban J connectivity index is 2.12. The normalized spacial score (nSPS) is 31.7.